The molecule has 2 aromatic heterocycles. The first kappa shape index (κ1) is 10.2. The molecule has 2 aromatic rings. The van der Waals surface area contributed by atoms with Gasteiger partial charge in [0.25, 0.3) is 5.56 Å². The SMILES string of the molecule is CCOc1ccc2c[nH]c(=O)c(Br)c2n1. The van der Waals surface area contributed by atoms with Gasteiger partial charge in [-0.2, -0.15) is 0 Å². The maximum atomic E-state index is 11.3. The number of fused-ring (bicyclic) bond motifs is 1. The summed E-state index contributed by atoms with van der Waals surface area (Å²) in [5, 5.41) is 0.866. The van der Waals surface area contributed by atoms with Gasteiger partial charge in [0.15, 0.2) is 0 Å². The highest BCUT2D eigenvalue weighted by molar-refractivity contribution is 9.10. The van der Waals surface area contributed by atoms with Gasteiger partial charge in [-0.25, -0.2) is 4.98 Å². The Kier molecular flexibility index (Phi) is 2.73. The van der Waals surface area contributed by atoms with Gasteiger partial charge in [-0.1, -0.05) is 0 Å². The topological polar surface area (TPSA) is 55.0 Å². The zero-order valence-corrected chi connectivity index (χ0v) is 9.67. The lowest BCUT2D eigenvalue weighted by molar-refractivity contribution is 0.328. The van der Waals surface area contributed by atoms with Gasteiger partial charge in [-0.3, -0.25) is 4.79 Å². The van der Waals surface area contributed by atoms with Crippen LogP contribution in [0.1, 0.15) is 6.92 Å². The average Bonchev–Trinajstić information content (AvgIpc) is 2.25. The minimum atomic E-state index is -0.191. The van der Waals surface area contributed by atoms with Crippen LogP contribution < -0.4 is 10.3 Å². The summed E-state index contributed by atoms with van der Waals surface area (Å²) in [4.78, 5) is 18.2. The van der Waals surface area contributed by atoms with E-state index >= 15 is 0 Å². The average molecular weight is 269 g/mol. The molecule has 5 heteroatoms. The van der Waals surface area contributed by atoms with Crippen molar-refractivity contribution in [3.63, 3.8) is 0 Å². The summed E-state index contributed by atoms with van der Waals surface area (Å²) >= 11 is 3.20. The van der Waals surface area contributed by atoms with E-state index in [9.17, 15) is 4.79 Å². The van der Waals surface area contributed by atoms with Crippen molar-refractivity contribution in [2.24, 2.45) is 0 Å². The maximum Gasteiger partial charge on any atom is 0.264 e. The molecule has 0 bridgehead atoms. The van der Waals surface area contributed by atoms with Crippen molar-refractivity contribution in [3.05, 3.63) is 33.2 Å². The second-order valence-corrected chi connectivity index (χ2v) is 3.75. The number of rotatable bonds is 2. The van der Waals surface area contributed by atoms with Gasteiger partial charge in [0.2, 0.25) is 5.88 Å². The number of aromatic amines is 1. The highest BCUT2D eigenvalue weighted by atomic mass is 79.9. The number of aromatic nitrogens is 2. The van der Waals surface area contributed by atoms with E-state index in [2.05, 4.69) is 25.9 Å². The van der Waals surface area contributed by atoms with Crippen LogP contribution in [0.4, 0.5) is 0 Å². The summed E-state index contributed by atoms with van der Waals surface area (Å²) < 4.78 is 5.70. The molecular formula is C10H9BrN2O2. The highest BCUT2D eigenvalue weighted by Gasteiger charge is 2.05. The fourth-order valence-electron chi connectivity index (χ4n) is 1.29. The van der Waals surface area contributed by atoms with Gasteiger partial charge in [-0.05, 0) is 28.9 Å². The number of nitrogens with zero attached hydrogens (tertiary/aromatic N) is 1. The summed E-state index contributed by atoms with van der Waals surface area (Å²) in [5.74, 6) is 0.524. The van der Waals surface area contributed by atoms with Crippen LogP contribution >= 0.6 is 15.9 Å². The number of pyridine rings is 2. The van der Waals surface area contributed by atoms with Crippen molar-refractivity contribution < 1.29 is 4.74 Å². The molecule has 0 spiro atoms. The summed E-state index contributed by atoms with van der Waals surface area (Å²) in [5.41, 5.74) is 0.424. The molecule has 0 amide bonds. The first-order valence-corrected chi connectivity index (χ1v) is 5.32. The summed E-state index contributed by atoms with van der Waals surface area (Å²) in [6.07, 6.45) is 1.63. The molecule has 0 unspecified atom stereocenters. The van der Waals surface area contributed by atoms with Crippen molar-refractivity contribution in [2.45, 2.75) is 6.92 Å². The summed E-state index contributed by atoms with van der Waals surface area (Å²) in [7, 11) is 0. The van der Waals surface area contributed by atoms with Crippen LogP contribution in [0.15, 0.2) is 27.6 Å². The van der Waals surface area contributed by atoms with Gasteiger partial charge in [0, 0.05) is 17.6 Å². The fraction of sp³-hybridized carbons (Fsp3) is 0.200. The van der Waals surface area contributed by atoms with Crippen LogP contribution in [-0.4, -0.2) is 16.6 Å². The predicted molar refractivity (Wildman–Crippen MR) is 61.2 cm³/mol. The van der Waals surface area contributed by atoms with Gasteiger partial charge >= 0.3 is 0 Å². The molecule has 78 valence electrons. The van der Waals surface area contributed by atoms with E-state index < -0.39 is 0 Å². The van der Waals surface area contributed by atoms with Gasteiger partial charge in [-0.15, -0.1) is 0 Å². The Hall–Kier alpha value is -1.36. The molecule has 0 radical (unpaired) electrons. The van der Waals surface area contributed by atoms with Crippen LogP contribution in [0.25, 0.3) is 10.9 Å². The molecule has 0 atom stereocenters. The van der Waals surface area contributed by atoms with Crippen molar-refractivity contribution >= 4 is 26.8 Å². The number of hydrogen-bond acceptors (Lipinski definition) is 3. The number of nitrogens with one attached hydrogen (secondary N) is 1. The standard InChI is InChI=1S/C10H9BrN2O2/c1-2-15-7-4-3-6-5-12-10(14)8(11)9(6)13-7/h3-5H,2H2,1H3,(H,12,14). The summed E-state index contributed by atoms with van der Waals surface area (Å²) in [6.45, 7) is 2.44. The van der Waals surface area contributed by atoms with Crippen LogP contribution in [0.5, 0.6) is 5.88 Å². The number of H-pyrrole nitrogens is 1. The third kappa shape index (κ3) is 1.87. The van der Waals surface area contributed by atoms with E-state index in [1.807, 2.05) is 13.0 Å². The lowest BCUT2D eigenvalue weighted by Crippen LogP contribution is -2.06. The lowest BCUT2D eigenvalue weighted by atomic mass is 10.3. The monoisotopic (exact) mass is 268 g/mol. The number of hydrogen-bond donors (Lipinski definition) is 1. The Bertz CT molecular complexity index is 551. The molecule has 1 N–H and O–H groups in total. The zero-order chi connectivity index (χ0) is 10.8. The highest BCUT2D eigenvalue weighted by Crippen LogP contribution is 2.20. The lowest BCUT2D eigenvalue weighted by Gasteiger charge is -2.03. The quantitative estimate of drug-likeness (QED) is 0.908. The molecule has 0 aliphatic rings. The molecule has 0 fully saturated rings. The molecule has 2 heterocycles. The first-order chi connectivity index (χ1) is 7.22. The van der Waals surface area contributed by atoms with Crippen molar-refractivity contribution in [1.82, 2.24) is 9.97 Å². The number of ether oxygens (including phenoxy) is 1. The molecule has 2 rings (SSSR count). The fourth-order valence-corrected chi connectivity index (χ4v) is 1.72. The van der Waals surface area contributed by atoms with Gasteiger partial charge in [0.1, 0.15) is 4.47 Å². The maximum absolute atomic E-state index is 11.3. The minimum Gasteiger partial charge on any atom is -0.478 e. The van der Waals surface area contributed by atoms with Crippen LogP contribution in [-0.2, 0) is 0 Å². The Morgan fingerprint density at radius 1 is 1.53 bits per heavy atom. The third-order valence-electron chi connectivity index (χ3n) is 1.96. The minimum absolute atomic E-state index is 0.191. The van der Waals surface area contributed by atoms with E-state index in [-0.39, 0.29) is 5.56 Å². The van der Waals surface area contributed by atoms with Crippen molar-refractivity contribution in [2.75, 3.05) is 6.61 Å². The molecule has 0 aliphatic carbocycles. The van der Waals surface area contributed by atoms with Gasteiger partial charge < -0.3 is 9.72 Å². The molecule has 0 aromatic carbocycles. The van der Waals surface area contributed by atoms with Crippen molar-refractivity contribution in [1.29, 1.82) is 0 Å². The first-order valence-electron chi connectivity index (χ1n) is 4.53. The van der Waals surface area contributed by atoms with E-state index in [1.54, 1.807) is 12.3 Å². The zero-order valence-electron chi connectivity index (χ0n) is 8.08. The second kappa shape index (κ2) is 4.02. The van der Waals surface area contributed by atoms with Crippen LogP contribution in [0.2, 0.25) is 0 Å². The molecule has 0 aliphatic heterocycles. The smallest absolute Gasteiger partial charge is 0.264 e. The van der Waals surface area contributed by atoms with E-state index in [0.717, 1.165) is 5.39 Å². The molecular weight excluding hydrogens is 260 g/mol. The molecule has 0 saturated carbocycles. The van der Waals surface area contributed by atoms with Crippen LogP contribution in [0, 0.1) is 0 Å². The van der Waals surface area contributed by atoms with E-state index in [1.165, 1.54) is 0 Å². The Morgan fingerprint density at radius 2 is 2.33 bits per heavy atom. The van der Waals surface area contributed by atoms with Gasteiger partial charge in [0.05, 0.1) is 12.1 Å². The normalized spacial score (nSPS) is 10.5. The third-order valence-corrected chi connectivity index (χ3v) is 2.69. The molecule has 0 saturated heterocycles. The predicted octanol–water partition coefficient (Wildman–Crippen LogP) is 2.08. The van der Waals surface area contributed by atoms with E-state index in [4.69, 9.17) is 4.74 Å². The molecule has 15 heavy (non-hydrogen) atoms. The second-order valence-electron chi connectivity index (χ2n) is 2.95. The Morgan fingerprint density at radius 3 is 3.07 bits per heavy atom. The molecule has 4 nitrogen and oxygen atoms in total. The van der Waals surface area contributed by atoms with E-state index in [0.29, 0.717) is 22.5 Å². The Labute approximate surface area is 94.4 Å². The number of halogens is 1. The largest absolute Gasteiger partial charge is 0.478 e. The van der Waals surface area contributed by atoms with Crippen molar-refractivity contribution in [3.8, 4) is 5.88 Å². The summed E-state index contributed by atoms with van der Waals surface area (Å²) in [6, 6.07) is 3.63. The van der Waals surface area contributed by atoms with Crippen LogP contribution in [0.3, 0.4) is 0 Å². The Balaban J connectivity index is 2.68.